The SMILES string of the molecule is B.[AlH3].[BiH3].[PbH2].[SiH4].[TeH2]. The summed E-state index contributed by atoms with van der Waals surface area (Å²) in [4.78, 5) is 0. The van der Waals surface area contributed by atoms with Gasteiger partial charge >= 0.3 is 77.2 Å². The van der Waals surface area contributed by atoms with Crippen LogP contribution in [0.5, 0.6) is 0 Å². The maximum atomic E-state index is 0. The van der Waals surface area contributed by atoms with Gasteiger partial charge in [-0.1, -0.05) is 0 Å². The Labute approximate surface area is 112 Å². The first-order chi connectivity index (χ1) is 0. The summed E-state index contributed by atoms with van der Waals surface area (Å²) in [6.07, 6.45) is 0. The molecule has 0 spiro atoms. The molecule has 0 rings (SSSR count). The molecule has 6 heavy (non-hydrogen) atoms. The molecule has 0 aliphatic rings. The standard InChI is InChI=1S/Al.BH3.Bi.Pb.H4Si.H2Te.8H/h;1H3;;;1H4;1H2;;;;;;;;. The van der Waals surface area contributed by atoms with Crippen LogP contribution in [0.25, 0.3) is 0 Å². The molecular weight excluding hydrogens is 610 g/mol. The van der Waals surface area contributed by atoms with Crippen LogP contribution >= 0.6 is 0 Å². The fraction of sp³-hybridized carbons (Fsp3) is 0. The zero-order valence-electron chi connectivity index (χ0n) is 1.91. The van der Waals surface area contributed by atoms with Gasteiger partial charge < -0.3 is 0 Å². The van der Waals surface area contributed by atoms with Gasteiger partial charge in [-0.25, -0.2) is 0 Å². The van der Waals surface area contributed by atoms with Crippen molar-refractivity contribution in [3.05, 3.63) is 0 Å². The van der Waals surface area contributed by atoms with Crippen LogP contribution in [-0.4, -0.2) is 114 Å². The van der Waals surface area contributed by atoms with Crippen LogP contribution in [0.1, 0.15) is 0 Å². The summed E-state index contributed by atoms with van der Waals surface area (Å²) in [6.45, 7) is 0. The van der Waals surface area contributed by atoms with E-state index in [2.05, 4.69) is 0 Å². The van der Waals surface area contributed by atoms with Gasteiger partial charge in [0.25, 0.3) is 0 Å². The van der Waals surface area contributed by atoms with Gasteiger partial charge in [-0.3, -0.25) is 0 Å². The summed E-state index contributed by atoms with van der Waals surface area (Å²) >= 11 is 0. The predicted molar refractivity (Wildman–Crippen MR) is 58.2 cm³/mol. The van der Waals surface area contributed by atoms with Gasteiger partial charge in [0, 0.05) is 0 Å². The predicted octanol–water partition coefficient (Wildman–Crippen LogP) is -6.84. The molecule has 42 valence electrons. The second-order valence-electron chi connectivity index (χ2n) is 0. The van der Waals surface area contributed by atoms with E-state index in [-0.39, 0.29) is 114 Å². The van der Waals surface area contributed by atoms with Crippen LogP contribution in [-0.2, 0) is 0 Å². The van der Waals surface area contributed by atoms with E-state index in [0.717, 1.165) is 0 Å². The molecule has 0 aromatic rings. The monoisotopic (exact) mass is 630 g/mol. The van der Waals surface area contributed by atoms with E-state index in [0.29, 0.717) is 0 Å². The second-order valence-corrected chi connectivity index (χ2v) is 0. The normalized spacial score (nSPS) is 0. The number of rotatable bonds is 0. The van der Waals surface area contributed by atoms with Crippen LogP contribution in [0.15, 0.2) is 0 Å². The molecule has 0 atom stereocenters. The molecule has 0 unspecified atom stereocenters. The van der Waals surface area contributed by atoms with Crippen molar-refractivity contribution >= 4 is 114 Å². The Morgan fingerprint density at radius 1 is 1.00 bits per heavy atom. The summed E-state index contributed by atoms with van der Waals surface area (Å²) in [5.41, 5.74) is 0. The second kappa shape index (κ2) is 39.7. The third-order valence-corrected chi connectivity index (χ3v) is 0. The summed E-state index contributed by atoms with van der Waals surface area (Å²) in [6, 6.07) is 0. The van der Waals surface area contributed by atoms with Crippen molar-refractivity contribution in [3.63, 3.8) is 0 Å². The van der Waals surface area contributed by atoms with E-state index in [9.17, 15) is 0 Å². The molecule has 0 fully saturated rings. The van der Waals surface area contributed by atoms with Gasteiger partial charge in [-0.15, -0.1) is 0 Å². The summed E-state index contributed by atoms with van der Waals surface area (Å²) in [5.74, 6) is 0. The first kappa shape index (κ1) is 57.2. The quantitative estimate of drug-likeness (QED) is 0.235. The third-order valence-electron chi connectivity index (χ3n) is 0. The first-order valence-electron chi connectivity index (χ1n) is 0. The van der Waals surface area contributed by atoms with Crippen molar-refractivity contribution in [3.8, 4) is 0 Å². The van der Waals surface area contributed by atoms with E-state index in [1.54, 1.807) is 0 Å². The Bertz CT molecular complexity index is 15.5. The molecule has 0 heterocycles. The number of hydrogen-bond acceptors (Lipinski definition) is 0. The van der Waals surface area contributed by atoms with Crippen molar-refractivity contribution in [2.24, 2.45) is 0 Å². The van der Waals surface area contributed by atoms with Crippen LogP contribution in [0.3, 0.4) is 0 Å². The van der Waals surface area contributed by atoms with Crippen molar-refractivity contribution in [1.29, 1.82) is 0 Å². The molecule has 0 saturated heterocycles. The Morgan fingerprint density at radius 3 is 1.00 bits per heavy atom. The molecule has 2 radical (unpaired) electrons. The van der Waals surface area contributed by atoms with Crippen molar-refractivity contribution in [1.82, 2.24) is 0 Å². The zero-order valence-corrected chi connectivity index (χ0v) is 15.8. The van der Waals surface area contributed by atoms with Gasteiger partial charge in [-0.05, 0) is 11.0 Å². The van der Waals surface area contributed by atoms with Gasteiger partial charge in [0.05, 0.1) is 8.41 Å². The van der Waals surface area contributed by atoms with E-state index in [1.165, 1.54) is 0 Å². The van der Waals surface area contributed by atoms with Crippen LogP contribution in [0.2, 0.25) is 0 Å². The molecule has 0 bridgehead atoms. The molecule has 0 aromatic heterocycles. The molecule has 0 amide bonds. The van der Waals surface area contributed by atoms with Gasteiger partial charge in [0.1, 0.15) is 0 Å². The summed E-state index contributed by atoms with van der Waals surface area (Å²) in [5, 5.41) is 0. The Kier molecular flexibility index (Phi) is 379. The van der Waals surface area contributed by atoms with E-state index < -0.39 is 0 Å². The molecule has 0 aromatic carbocycles. The number of hydrogen-bond donors (Lipinski definition) is 0. The molecule has 0 aliphatic carbocycles. The van der Waals surface area contributed by atoms with E-state index >= 15 is 0 Å². The first-order valence-corrected chi connectivity index (χ1v) is 0. The van der Waals surface area contributed by atoms with Crippen LogP contribution in [0, 0.1) is 0 Å². The molecule has 0 saturated carbocycles. The zero-order chi connectivity index (χ0) is 0. The minimum atomic E-state index is 0. The average Bonchev–Trinajstić information content (AvgIpc) is 0. The fourth-order valence-electron chi connectivity index (χ4n) is 0. The van der Waals surface area contributed by atoms with Gasteiger partial charge in [-0.2, -0.15) is 0 Å². The molecular formula is H17AlBBiPbSiTe. The van der Waals surface area contributed by atoms with Crippen molar-refractivity contribution in [2.45, 2.75) is 0 Å². The Hall–Kier alpha value is 3.41. The summed E-state index contributed by atoms with van der Waals surface area (Å²) < 4.78 is 0. The van der Waals surface area contributed by atoms with Gasteiger partial charge in [0.2, 0.25) is 0 Å². The maximum absolute atomic E-state index is 0. The molecule has 0 N–H and O–H groups in total. The van der Waals surface area contributed by atoms with Gasteiger partial charge in [0.15, 0.2) is 17.4 Å². The molecule has 0 aliphatic heterocycles. The topological polar surface area (TPSA) is 0 Å². The van der Waals surface area contributed by atoms with Crippen molar-refractivity contribution in [2.75, 3.05) is 0 Å². The van der Waals surface area contributed by atoms with E-state index in [1.807, 2.05) is 0 Å². The molecule has 6 heteroatoms. The molecule has 0 nitrogen and oxygen atoms in total. The third kappa shape index (κ3) is 26.2. The van der Waals surface area contributed by atoms with Crippen LogP contribution in [0.4, 0.5) is 0 Å². The summed E-state index contributed by atoms with van der Waals surface area (Å²) in [7, 11) is 0. The average molecular weight is 627 g/mol. The Morgan fingerprint density at radius 2 is 1.00 bits per heavy atom. The Balaban J connectivity index is 0. The minimum absolute atomic E-state index is 0. The van der Waals surface area contributed by atoms with Crippen LogP contribution < -0.4 is 0 Å². The van der Waals surface area contributed by atoms with E-state index in [4.69, 9.17) is 0 Å². The fourth-order valence-corrected chi connectivity index (χ4v) is 0. The van der Waals surface area contributed by atoms with Crippen molar-refractivity contribution < 1.29 is 0 Å².